The Bertz CT molecular complexity index is 939. The normalized spacial score (nSPS) is 22.8. The van der Waals surface area contributed by atoms with Crippen LogP contribution in [0.2, 0.25) is 0 Å². The second kappa shape index (κ2) is 10.3. The van der Waals surface area contributed by atoms with Crippen molar-refractivity contribution in [2.45, 2.75) is 31.4 Å². The van der Waals surface area contributed by atoms with Gasteiger partial charge in [-0.3, -0.25) is 4.90 Å². The Morgan fingerprint density at radius 1 is 0.688 bits per heavy atom. The summed E-state index contributed by atoms with van der Waals surface area (Å²) in [5, 5.41) is 0. The lowest BCUT2D eigenvalue weighted by molar-refractivity contribution is 0.119. The van der Waals surface area contributed by atoms with Crippen LogP contribution in [-0.2, 0) is 6.54 Å². The lowest BCUT2D eigenvalue weighted by Gasteiger charge is -2.34. The number of rotatable bonds is 7. The van der Waals surface area contributed by atoms with Crippen LogP contribution in [0.1, 0.15) is 29.9 Å². The van der Waals surface area contributed by atoms with Gasteiger partial charge in [-0.15, -0.1) is 0 Å². The molecule has 0 N–H and O–H groups in total. The Morgan fingerprint density at radius 2 is 1.31 bits per heavy atom. The van der Waals surface area contributed by atoms with Crippen molar-refractivity contribution in [2.24, 2.45) is 5.92 Å². The first-order valence-corrected chi connectivity index (χ1v) is 12.1. The number of likely N-dealkylation sites (tertiary alicyclic amines) is 2. The predicted octanol–water partition coefficient (Wildman–Crippen LogP) is 5.45. The van der Waals surface area contributed by atoms with Crippen molar-refractivity contribution in [1.29, 1.82) is 0 Å². The third-order valence-corrected chi connectivity index (χ3v) is 7.09. The standard InChI is InChI=1S/C29H34N2O/c1-4-10-24(11-5-1)20-31-22-27(29(23-31)32-28-14-8-3-9-15-28)21-30-18-16-26(17-19-30)25-12-6-2-7-13-25/h1-15,26-27,29H,16-23H2. The highest BCUT2D eigenvalue weighted by atomic mass is 16.5. The molecule has 0 aliphatic carbocycles. The molecule has 2 atom stereocenters. The van der Waals surface area contributed by atoms with Crippen LogP contribution in [0.15, 0.2) is 91.0 Å². The Morgan fingerprint density at radius 3 is 2.00 bits per heavy atom. The average molecular weight is 427 g/mol. The Labute approximate surface area is 192 Å². The van der Waals surface area contributed by atoms with Crippen molar-refractivity contribution in [3.05, 3.63) is 102 Å². The molecule has 3 aromatic rings. The highest BCUT2D eigenvalue weighted by Gasteiger charge is 2.36. The fraction of sp³-hybridized carbons (Fsp3) is 0.379. The van der Waals surface area contributed by atoms with Crippen LogP contribution in [0.5, 0.6) is 5.75 Å². The van der Waals surface area contributed by atoms with Gasteiger partial charge in [0.05, 0.1) is 0 Å². The minimum absolute atomic E-state index is 0.243. The number of nitrogens with zero attached hydrogens (tertiary/aromatic N) is 2. The van der Waals surface area contributed by atoms with Gasteiger partial charge in [-0.25, -0.2) is 0 Å². The average Bonchev–Trinajstić information content (AvgIpc) is 3.21. The first-order valence-electron chi connectivity index (χ1n) is 12.1. The van der Waals surface area contributed by atoms with Gasteiger partial charge in [0.2, 0.25) is 0 Å². The molecule has 0 saturated carbocycles. The SMILES string of the molecule is c1ccc(CN2CC(CN3CCC(c4ccccc4)CC3)C(Oc3ccccc3)C2)cc1. The number of ether oxygens (including phenoxy) is 1. The number of piperidine rings is 1. The van der Waals surface area contributed by atoms with Crippen molar-refractivity contribution in [3.8, 4) is 5.75 Å². The summed E-state index contributed by atoms with van der Waals surface area (Å²) >= 11 is 0. The van der Waals surface area contributed by atoms with Crippen LogP contribution in [0.3, 0.4) is 0 Å². The van der Waals surface area contributed by atoms with Gasteiger partial charge in [-0.05, 0) is 55.1 Å². The summed E-state index contributed by atoms with van der Waals surface area (Å²) in [6.07, 6.45) is 2.76. The Hall–Kier alpha value is -2.62. The molecular weight excluding hydrogens is 392 g/mol. The van der Waals surface area contributed by atoms with Gasteiger partial charge >= 0.3 is 0 Å². The van der Waals surface area contributed by atoms with Gasteiger partial charge in [0, 0.05) is 32.1 Å². The smallest absolute Gasteiger partial charge is 0.119 e. The number of benzene rings is 3. The van der Waals surface area contributed by atoms with E-state index in [1.54, 1.807) is 0 Å². The van der Waals surface area contributed by atoms with Gasteiger partial charge in [0.25, 0.3) is 0 Å². The summed E-state index contributed by atoms with van der Waals surface area (Å²) < 4.78 is 6.52. The molecule has 2 heterocycles. The van der Waals surface area contributed by atoms with E-state index in [4.69, 9.17) is 4.74 Å². The second-order valence-electron chi connectivity index (χ2n) is 9.39. The number of hydrogen-bond donors (Lipinski definition) is 0. The van der Waals surface area contributed by atoms with E-state index >= 15 is 0 Å². The molecule has 3 heteroatoms. The molecule has 2 aliphatic heterocycles. The van der Waals surface area contributed by atoms with Crippen molar-refractivity contribution < 1.29 is 4.74 Å². The second-order valence-corrected chi connectivity index (χ2v) is 9.39. The maximum absolute atomic E-state index is 6.52. The van der Waals surface area contributed by atoms with Crippen LogP contribution >= 0.6 is 0 Å². The van der Waals surface area contributed by atoms with Crippen LogP contribution in [0, 0.1) is 5.92 Å². The summed E-state index contributed by atoms with van der Waals surface area (Å²) in [5.41, 5.74) is 2.89. The van der Waals surface area contributed by atoms with Crippen molar-refractivity contribution in [3.63, 3.8) is 0 Å². The fourth-order valence-electron chi connectivity index (χ4n) is 5.39. The fourth-order valence-corrected chi connectivity index (χ4v) is 5.39. The quantitative estimate of drug-likeness (QED) is 0.500. The van der Waals surface area contributed by atoms with Crippen LogP contribution in [0.4, 0.5) is 0 Å². The van der Waals surface area contributed by atoms with Gasteiger partial charge in [-0.1, -0.05) is 78.9 Å². The zero-order chi connectivity index (χ0) is 21.6. The topological polar surface area (TPSA) is 15.7 Å². The van der Waals surface area contributed by atoms with Gasteiger partial charge in [-0.2, -0.15) is 0 Å². The zero-order valence-corrected chi connectivity index (χ0v) is 18.9. The monoisotopic (exact) mass is 426 g/mol. The molecule has 5 rings (SSSR count). The maximum Gasteiger partial charge on any atom is 0.119 e. The van der Waals surface area contributed by atoms with Crippen molar-refractivity contribution in [2.75, 3.05) is 32.7 Å². The van der Waals surface area contributed by atoms with E-state index < -0.39 is 0 Å². The Kier molecular flexibility index (Phi) is 6.86. The summed E-state index contributed by atoms with van der Waals surface area (Å²) in [4.78, 5) is 5.25. The van der Waals surface area contributed by atoms with Crippen LogP contribution < -0.4 is 4.74 Å². The van der Waals surface area contributed by atoms with E-state index in [2.05, 4.69) is 101 Å². The first kappa shape index (κ1) is 21.2. The zero-order valence-electron chi connectivity index (χ0n) is 18.9. The van der Waals surface area contributed by atoms with E-state index in [-0.39, 0.29) is 6.10 Å². The van der Waals surface area contributed by atoms with Crippen LogP contribution in [-0.4, -0.2) is 48.6 Å². The van der Waals surface area contributed by atoms with E-state index in [1.165, 1.54) is 37.1 Å². The number of hydrogen-bond acceptors (Lipinski definition) is 3. The third kappa shape index (κ3) is 5.40. The molecule has 2 saturated heterocycles. The van der Waals surface area contributed by atoms with E-state index in [0.29, 0.717) is 11.8 Å². The Balaban J connectivity index is 1.21. The van der Waals surface area contributed by atoms with Gasteiger partial charge in [0.1, 0.15) is 11.9 Å². The molecule has 3 aromatic carbocycles. The molecule has 3 nitrogen and oxygen atoms in total. The highest BCUT2D eigenvalue weighted by molar-refractivity contribution is 5.22. The van der Waals surface area contributed by atoms with Crippen molar-refractivity contribution >= 4 is 0 Å². The molecule has 0 amide bonds. The molecule has 2 fully saturated rings. The third-order valence-electron chi connectivity index (χ3n) is 7.09. The van der Waals surface area contributed by atoms with E-state index in [9.17, 15) is 0 Å². The number of para-hydroxylation sites is 1. The van der Waals surface area contributed by atoms with Crippen LogP contribution in [0.25, 0.3) is 0 Å². The molecular formula is C29H34N2O. The molecule has 0 bridgehead atoms. The van der Waals surface area contributed by atoms with Crippen molar-refractivity contribution in [1.82, 2.24) is 9.80 Å². The molecule has 2 aliphatic rings. The van der Waals surface area contributed by atoms with E-state index in [1.807, 2.05) is 0 Å². The predicted molar refractivity (Wildman–Crippen MR) is 131 cm³/mol. The maximum atomic E-state index is 6.52. The lowest BCUT2D eigenvalue weighted by atomic mass is 9.89. The summed E-state index contributed by atoms with van der Waals surface area (Å²) in [7, 11) is 0. The summed E-state index contributed by atoms with van der Waals surface area (Å²) in [6, 6.07) is 32.2. The summed E-state index contributed by atoms with van der Waals surface area (Å²) in [6.45, 7) is 6.60. The largest absolute Gasteiger partial charge is 0.489 e. The highest BCUT2D eigenvalue weighted by Crippen LogP contribution is 2.30. The lowest BCUT2D eigenvalue weighted by Crippen LogP contribution is -2.40. The minimum Gasteiger partial charge on any atom is -0.489 e. The molecule has 0 radical (unpaired) electrons. The van der Waals surface area contributed by atoms with Gasteiger partial charge in [0.15, 0.2) is 0 Å². The molecule has 2 unspecified atom stereocenters. The molecule has 0 spiro atoms. The molecule has 0 aromatic heterocycles. The van der Waals surface area contributed by atoms with E-state index in [0.717, 1.165) is 31.9 Å². The minimum atomic E-state index is 0.243. The molecule has 32 heavy (non-hydrogen) atoms. The first-order chi connectivity index (χ1) is 15.8. The molecule has 166 valence electrons. The van der Waals surface area contributed by atoms with Gasteiger partial charge < -0.3 is 9.64 Å². The summed E-state index contributed by atoms with van der Waals surface area (Å²) in [5.74, 6) is 2.24.